The summed E-state index contributed by atoms with van der Waals surface area (Å²) in [5.41, 5.74) is 6.78. The minimum Gasteiger partial charge on any atom is -0.382 e. The third kappa shape index (κ3) is 3.83. The van der Waals surface area contributed by atoms with Crippen LogP contribution >= 0.6 is 15.9 Å². The van der Waals surface area contributed by atoms with Gasteiger partial charge in [-0.25, -0.2) is 14.4 Å². The standard InChI is InChI=1S/C18H14BrFN4O/c19-12-6-7-13(14(20)10-12)15(11-4-2-1-3-5-11)24-18(25)16-17(21)23-9-8-22-16/h1-10,15H,(H2,21,23)(H,24,25). The van der Waals surface area contributed by atoms with Crippen LogP contribution in [0.3, 0.4) is 0 Å². The molecule has 1 unspecified atom stereocenters. The van der Waals surface area contributed by atoms with Crippen molar-refractivity contribution in [2.45, 2.75) is 6.04 Å². The predicted octanol–water partition coefficient (Wildman–Crippen LogP) is 3.48. The Morgan fingerprint density at radius 1 is 1.12 bits per heavy atom. The van der Waals surface area contributed by atoms with Crippen LogP contribution in [0.15, 0.2) is 65.4 Å². The van der Waals surface area contributed by atoms with Crippen LogP contribution in [0, 0.1) is 5.82 Å². The third-order valence-corrected chi connectivity index (χ3v) is 4.12. The van der Waals surface area contributed by atoms with E-state index in [2.05, 4.69) is 31.2 Å². The van der Waals surface area contributed by atoms with Gasteiger partial charge in [-0.2, -0.15) is 0 Å². The molecule has 7 heteroatoms. The highest BCUT2D eigenvalue weighted by Crippen LogP contribution is 2.27. The first-order valence-corrected chi connectivity index (χ1v) is 8.23. The van der Waals surface area contributed by atoms with E-state index >= 15 is 0 Å². The molecule has 0 fully saturated rings. The van der Waals surface area contributed by atoms with E-state index < -0.39 is 17.8 Å². The Kier molecular flexibility index (Phi) is 5.04. The molecule has 0 bridgehead atoms. The number of halogens is 2. The van der Waals surface area contributed by atoms with E-state index in [1.165, 1.54) is 18.5 Å². The van der Waals surface area contributed by atoms with Gasteiger partial charge < -0.3 is 11.1 Å². The van der Waals surface area contributed by atoms with Gasteiger partial charge in [0.1, 0.15) is 5.82 Å². The van der Waals surface area contributed by atoms with E-state index in [4.69, 9.17) is 5.73 Å². The summed E-state index contributed by atoms with van der Waals surface area (Å²) in [6.07, 6.45) is 2.78. The number of hydrogen-bond acceptors (Lipinski definition) is 4. The van der Waals surface area contributed by atoms with Gasteiger partial charge in [0.05, 0.1) is 6.04 Å². The Morgan fingerprint density at radius 3 is 2.52 bits per heavy atom. The van der Waals surface area contributed by atoms with Crippen LogP contribution in [-0.4, -0.2) is 15.9 Å². The molecule has 0 saturated carbocycles. The van der Waals surface area contributed by atoms with Crippen LogP contribution in [0.5, 0.6) is 0 Å². The molecule has 0 aliphatic carbocycles. The molecule has 126 valence electrons. The third-order valence-electron chi connectivity index (χ3n) is 3.62. The molecule has 0 radical (unpaired) electrons. The van der Waals surface area contributed by atoms with Gasteiger partial charge in [0.2, 0.25) is 0 Å². The SMILES string of the molecule is Nc1nccnc1C(=O)NC(c1ccccc1)c1ccc(Br)cc1F. The average Bonchev–Trinajstić information content (AvgIpc) is 2.61. The fourth-order valence-electron chi connectivity index (χ4n) is 2.44. The van der Waals surface area contributed by atoms with Crippen molar-refractivity contribution >= 4 is 27.7 Å². The number of nitrogens with one attached hydrogen (secondary N) is 1. The molecule has 1 heterocycles. The zero-order valence-electron chi connectivity index (χ0n) is 13.0. The van der Waals surface area contributed by atoms with Crippen LogP contribution < -0.4 is 11.1 Å². The molecule has 1 aromatic heterocycles. The van der Waals surface area contributed by atoms with Gasteiger partial charge in [0.25, 0.3) is 5.91 Å². The number of rotatable bonds is 4. The lowest BCUT2D eigenvalue weighted by molar-refractivity contribution is 0.0938. The number of nitrogens with zero attached hydrogens (tertiary/aromatic N) is 2. The summed E-state index contributed by atoms with van der Waals surface area (Å²) in [6, 6.07) is 13.1. The topological polar surface area (TPSA) is 80.9 Å². The van der Waals surface area contributed by atoms with Gasteiger partial charge in [-0.05, 0) is 17.7 Å². The quantitative estimate of drug-likeness (QED) is 0.702. The van der Waals surface area contributed by atoms with Crippen molar-refractivity contribution in [3.8, 4) is 0 Å². The maximum Gasteiger partial charge on any atom is 0.274 e. The summed E-state index contributed by atoms with van der Waals surface area (Å²) in [6.45, 7) is 0. The van der Waals surface area contributed by atoms with Crippen molar-refractivity contribution < 1.29 is 9.18 Å². The Labute approximate surface area is 152 Å². The Hall–Kier alpha value is -2.80. The number of anilines is 1. The summed E-state index contributed by atoms with van der Waals surface area (Å²) in [5, 5.41) is 2.79. The first kappa shape index (κ1) is 17.0. The summed E-state index contributed by atoms with van der Waals surface area (Å²) in [4.78, 5) is 20.4. The Morgan fingerprint density at radius 2 is 1.84 bits per heavy atom. The highest BCUT2D eigenvalue weighted by atomic mass is 79.9. The van der Waals surface area contributed by atoms with E-state index in [0.29, 0.717) is 10.0 Å². The lowest BCUT2D eigenvalue weighted by Gasteiger charge is -2.20. The first-order valence-electron chi connectivity index (χ1n) is 7.43. The maximum absolute atomic E-state index is 14.5. The number of carbonyl (C=O) groups is 1. The van der Waals surface area contributed by atoms with E-state index in [-0.39, 0.29) is 11.5 Å². The number of nitrogens with two attached hydrogens (primary N) is 1. The molecule has 3 rings (SSSR count). The highest BCUT2D eigenvalue weighted by molar-refractivity contribution is 9.10. The monoisotopic (exact) mass is 400 g/mol. The smallest absolute Gasteiger partial charge is 0.274 e. The normalized spacial score (nSPS) is 11.8. The van der Waals surface area contributed by atoms with Crippen molar-refractivity contribution in [3.63, 3.8) is 0 Å². The van der Waals surface area contributed by atoms with Crippen LogP contribution in [-0.2, 0) is 0 Å². The van der Waals surface area contributed by atoms with Crippen molar-refractivity contribution in [2.24, 2.45) is 0 Å². The summed E-state index contributed by atoms with van der Waals surface area (Å²) in [5.74, 6) is -0.944. The molecular formula is C18H14BrFN4O. The van der Waals surface area contributed by atoms with E-state index in [9.17, 15) is 9.18 Å². The number of amides is 1. The molecule has 3 N–H and O–H groups in total. The number of aromatic nitrogens is 2. The van der Waals surface area contributed by atoms with Gasteiger partial charge in [0, 0.05) is 22.4 Å². The Balaban J connectivity index is 2.00. The lowest BCUT2D eigenvalue weighted by Crippen LogP contribution is -2.31. The molecule has 25 heavy (non-hydrogen) atoms. The van der Waals surface area contributed by atoms with E-state index in [1.54, 1.807) is 12.1 Å². The number of benzene rings is 2. The molecule has 0 aliphatic heterocycles. The van der Waals surface area contributed by atoms with Crippen molar-refractivity contribution in [1.29, 1.82) is 0 Å². The van der Waals surface area contributed by atoms with Crippen LogP contribution in [0.2, 0.25) is 0 Å². The van der Waals surface area contributed by atoms with Gasteiger partial charge in [-0.1, -0.05) is 52.3 Å². The molecule has 5 nitrogen and oxygen atoms in total. The van der Waals surface area contributed by atoms with E-state index in [1.807, 2.05) is 30.3 Å². The Bertz CT molecular complexity index is 905. The van der Waals surface area contributed by atoms with Gasteiger partial charge in [-0.3, -0.25) is 4.79 Å². The molecule has 1 amide bonds. The largest absolute Gasteiger partial charge is 0.382 e. The fraction of sp³-hybridized carbons (Fsp3) is 0.0556. The van der Waals surface area contributed by atoms with Crippen LogP contribution in [0.25, 0.3) is 0 Å². The second kappa shape index (κ2) is 7.40. The second-order valence-corrected chi connectivity index (χ2v) is 6.19. The van der Waals surface area contributed by atoms with Crippen molar-refractivity contribution in [1.82, 2.24) is 15.3 Å². The molecule has 1 atom stereocenters. The second-order valence-electron chi connectivity index (χ2n) is 5.27. The summed E-state index contributed by atoms with van der Waals surface area (Å²) in [7, 11) is 0. The summed E-state index contributed by atoms with van der Waals surface area (Å²) < 4.78 is 15.1. The molecule has 0 spiro atoms. The predicted molar refractivity (Wildman–Crippen MR) is 96.3 cm³/mol. The number of carbonyl (C=O) groups excluding carboxylic acids is 1. The number of hydrogen-bond donors (Lipinski definition) is 2. The van der Waals surface area contributed by atoms with Crippen molar-refractivity contribution in [3.05, 3.63) is 88.0 Å². The zero-order chi connectivity index (χ0) is 17.8. The van der Waals surface area contributed by atoms with E-state index in [0.717, 1.165) is 5.56 Å². The van der Waals surface area contributed by atoms with Gasteiger partial charge in [-0.15, -0.1) is 0 Å². The molecule has 0 saturated heterocycles. The van der Waals surface area contributed by atoms with Crippen LogP contribution in [0.4, 0.5) is 10.2 Å². The average molecular weight is 401 g/mol. The van der Waals surface area contributed by atoms with Crippen molar-refractivity contribution in [2.75, 3.05) is 5.73 Å². The number of nitrogen functional groups attached to an aromatic ring is 1. The lowest BCUT2D eigenvalue weighted by atomic mass is 9.98. The fourth-order valence-corrected chi connectivity index (χ4v) is 2.78. The molecule has 2 aromatic carbocycles. The molecule has 3 aromatic rings. The summed E-state index contributed by atoms with van der Waals surface area (Å²) >= 11 is 3.24. The first-order chi connectivity index (χ1) is 12.1. The zero-order valence-corrected chi connectivity index (χ0v) is 14.6. The minimum atomic E-state index is -0.691. The van der Waals surface area contributed by atoms with Crippen LogP contribution in [0.1, 0.15) is 27.7 Å². The minimum absolute atomic E-state index is 0.000881. The van der Waals surface area contributed by atoms with Gasteiger partial charge in [0.15, 0.2) is 11.5 Å². The highest BCUT2D eigenvalue weighted by Gasteiger charge is 2.22. The molecule has 0 aliphatic rings. The van der Waals surface area contributed by atoms with Gasteiger partial charge >= 0.3 is 0 Å². The maximum atomic E-state index is 14.5. The molecular weight excluding hydrogens is 387 g/mol.